The van der Waals surface area contributed by atoms with Crippen LogP contribution in [-0.2, 0) is 6.42 Å². The third-order valence-electron chi connectivity index (χ3n) is 3.84. The predicted octanol–water partition coefficient (Wildman–Crippen LogP) is 5.32. The first-order chi connectivity index (χ1) is 9.67. The van der Waals surface area contributed by atoms with Crippen molar-refractivity contribution in [3.05, 3.63) is 34.9 Å². The monoisotopic (exact) mass is 295 g/mol. The minimum Gasteiger partial charge on any atom is -0.316 e. The van der Waals surface area contributed by atoms with Gasteiger partial charge in [-0.15, -0.1) is 0 Å². The molecule has 0 spiro atoms. The molecular formula is C18H30ClN. The molecule has 114 valence electrons. The molecule has 1 N–H and O–H groups in total. The molecule has 2 unspecified atom stereocenters. The molecular weight excluding hydrogens is 266 g/mol. The van der Waals surface area contributed by atoms with Crippen molar-refractivity contribution in [3.8, 4) is 0 Å². The van der Waals surface area contributed by atoms with E-state index in [4.69, 9.17) is 11.6 Å². The summed E-state index contributed by atoms with van der Waals surface area (Å²) >= 11 is 6.31. The summed E-state index contributed by atoms with van der Waals surface area (Å²) in [6.07, 6.45) is 6.18. The third kappa shape index (κ3) is 6.76. The molecule has 2 heteroatoms. The first kappa shape index (κ1) is 17.5. The zero-order valence-corrected chi connectivity index (χ0v) is 14.0. The Morgan fingerprint density at radius 2 is 1.90 bits per heavy atom. The van der Waals surface area contributed by atoms with Crippen molar-refractivity contribution in [2.75, 3.05) is 13.1 Å². The molecule has 0 aliphatic heterocycles. The summed E-state index contributed by atoms with van der Waals surface area (Å²) in [6.45, 7) is 9.09. The molecule has 1 nitrogen and oxygen atoms in total. The molecule has 0 bridgehead atoms. The minimum atomic E-state index is 0.683. The van der Waals surface area contributed by atoms with Crippen LogP contribution in [-0.4, -0.2) is 13.1 Å². The molecule has 20 heavy (non-hydrogen) atoms. The molecule has 0 fully saturated rings. The van der Waals surface area contributed by atoms with Gasteiger partial charge in [0.1, 0.15) is 0 Å². The molecule has 0 aliphatic carbocycles. The average Bonchev–Trinajstić information content (AvgIpc) is 2.41. The van der Waals surface area contributed by atoms with Crippen molar-refractivity contribution in [1.82, 2.24) is 5.32 Å². The molecule has 1 rings (SSSR count). The molecule has 0 radical (unpaired) electrons. The van der Waals surface area contributed by atoms with Crippen LogP contribution in [0.4, 0.5) is 0 Å². The Hall–Kier alpha value is -0.530. The Kier molecular flexibility index (Phi) is 8.97. The summed E-state index contributed by atoms with van der Waals surface area (Å²) in [5.74, 6) is 1.49. The second-order valence-electron chi connectivity index (χ2n) is 6.00. The van der Waals surface area contributed by atoms with E-state index in [1.807, 2.05) is 12.1 Å². The lowest BCUT2D eigenvalue weighted by molar-refractivity contribution is 0.354. The molecule has 0 aliphatic rings. The van der Waals surface area contributed by atoms with Crippen molar-refractivity contribution >= 4 is 11.6 Å². The highest BCUT2D eigenvalue weighted by molar-refractivity contribution is 6.31. The van der Waals surface area contributed by atoms with E-state index in [-0.39, 0.29) is 0 Å². The van der Waals surface area contributed by atoms with Crippen molar-refractivity contribution in [1.29, 1.82) is 0 Å². The maximum absolute atomic E-state index is 6.31. The van der Waals surface area contributed by atoms with Gasteiger partial charge >= 0.3 is 0 Å². The highest BCUT2D eigenvalue weighted by Crippen LogP contribution is 2.24. The maximum Gasteiger partial charge on any atom is 0.0438 e. The van der Waals surface area contributed by atoms with Gasteiger partial charge in [-0.05, 0) is 55.8 Å². The second-order valence-corrected chi connectivity index (χ2v) is 6.40. The van der Waals surface area contributed by atoms with Crippen LogP contribution in [0.25, 0.3) is 0 Å². The van der Waals surface area contributed by atoms with Gasteiger partial charge < -0.3 is 5.32 Å². The van der Waals surface area contributed by atoms with E-state index in [0.29, 0.717) is 5.92 Å². The van der Waals surface area contributed by atoms with E-state index < -0.39 is 0 Å². The summed E-state index contributed by atoms with van der Waals surface area (Å²) in [4.78, 5) is 0. The fourth-order valence-electron chi connectivity index (χ4n) is 2.88. The summed E-state index contributed by atoms with van der Waals surface area (Å²) < 4.78 is 0. The lowest BCUT2D eigenvalue weighted by atomic mass is 9.88. The van der Waals surface area contributed by atoms with Crippen LogP contribution >= 0.6 is 11.6 Å². The Labute approximate surface area is 130 Å². The Balaban J connectivity index is 2.59. The van der Waals surface area contributed by atoms with Gasteiger partial charge in [-0.2, -0.15) is 0 Å². The summed E-state index contributed by atoms with van der Waals surface area (Å²) in [6, 6.07) is 8.27. The van der Waals surface area contributed by atoms with Gasteiger partial charge in [0.15, 0.2) is 0 Å². The van der Waals surface area contributed by atoms with Crippen LogP contribution in [0.15, 0.2) is 24.3 Å². The Morgan fingerprint density at radius 1 is 1.15 bits per heavy atom. The summed E-state index contributed by atoms with van der Waals surface area (Å²) in [7, 11) is 0. The lowest BCUT2D eigenvalue weighted by Gasteiger charge is -2.22. The van der Waals surface area contributed by atoms with Crippen molar-refractivity contribution in [2.45, 2.75) is 52.9 Å². The molecule has 0 saturated heterocycles. The van der Waals surface area contributed by atoms with Gasteiger partial charge in [0.05, 0.1) is 0 Å². The van der Waals surface area contributed by atoms with Gasteiger partial charge in [-0.1, -0.05) is 63.4 Å². The average molecular weight is 296 g/mol. The number of halogens is 1. The number of nitrogens with one attached hydrogen (secondary N) is 1. The van der Waals surface area contributed by atoms with Crippen molar-refractivity contribution < 1.29 is 0 Å². The normalized spacial score (nSPS) is 14.2. The lowest BCUT2D eigenvalue weighted by Crippen LogP contribution is -2.26. The van der Waals surface area contributed by atoms with Gasteiger partial charge in [0.2, 0.25) is 0 Å². The van der Waals surface area contributed by atoms with Crippen LogP contribution in [0.5, 0.6) is 0 Å². The van der Waals surface area contributed by atoms with E-state index in [2.05, 4.69) is 38.2 Å². The number of rotatable bonds is 10. The molecule has 1 aromatic rings. The topological polar surface area (TPSA) is 12.0 Å². The van der Waals surface area contributed by atoms with Crippen LogP contribution < -0.4 is 5.32 Å². The SMILES string of the molecule is CCCNCC(Cc1ccccc1Cl)CC(C)CCC. The first-order valence-corrected chi connectivity index (χ1v) is 8.49. The van der Waals surface area contributed by atoms with Crippen molar-refractivity contribution in [3.63, 3.8) is 0 Å². The second kappa shape index (κ2) is 10.2. The highest BCUT2D eigenvalue weighted by atomic mass is 35.5. The van der Waals surface area contributed by atoms with E-state index >= 15 is 0 Å². The predicted molar refractivity (Wildman–Crippen MR) is 90.5 cm³/mol. The van der Waals surface area contributed by atoms with Gasteiger partial charge in [0, 0.05) is 5.02 Å². The van der Waals surface area contributed by atoms with E-state index in [1.54, 1.807) is 0 Å². The fourth-order valence-corrected chi connectivity index (χ4v) is 3.09. The minimum absolute atomic E-state index is 0.683. The number of hydrogen-bond donors (Lipinski definition) is 1. The molecule has 2 atom stereocenters. The van der Waals surface area contributed by atoms with Gasteiger partial charge in [-0.25, -0.2) is 0 Å². The maximum atomic E-state index is 6.31. The van der Waals surface area contributed by atoms with Crippen LogP contribution in [0.1, 0.15) is 52.0 Å². The standard InChI is InChI=1S/C18H30ClN/c1-4-8-15(3)12-16(14-20-11-5-2)13-17-9-6-7-10-18(17)19/h6-7,9-10,15-16,20H,4-5,8,11-14H2,1-3H3. The number of hydrogen-bond acceptors (Lipinski definition) is 1. The zero-order chi connectivity index (χ0) is 14.8. The largest absolute Gasteiger partial charge is 0.316 e. The van der Waals surface area contributed by atoms with Crippen LogP contribution in [0, 0.1) is 11.8 Å². The molecule has 0 aromatic heterocycles. The third-order valence-corrected chi connectivity index (χ3v) is 4.21. The quantitative estimate of drug-likeness (QED) is 0.576. The van der Waals surface area contributed by atoms with Gasteiger partial charge in [0.25, 0.3) is 0 Å². The zero-order valence-electron chi connectivity index (χ0n) is 13.3. The molecule has 0 heterocycles. The van der Waals surface area contributed by atoms with Gasteiger partial charge in [-0.3, -0.25) is 0 Å². The smallest absolute Gasteiger partial charge is 0.0438 e. The van der Waals surface area contributed by atoms with Crippen LogP contribution in [0.2, 0.25) is 5.02 Å². The summed E-state index contributed by atoms with van der Waals surface area (Å²) in [5, 5.41) is 4.49. The van der Waals surface area contributed by atoms with Crippen LogP contribution in [0.3, 0.4) is 0 Å². The molecule has 0 amide bonds. The molecule has 0 saturated carbocycles. The molecule has 1 aromatic carbocycles. The van der Waals surface area contributed by atoms with E-state index in [1.165, 1.54) is 31.2 Å². The number of benzene rings is 1. The highest BCUT2D eigenvalue weighted by Gasteiger charge is 2.14. The van der Waals surface area contributed by atoms with E-state index in [0.717, 1.165) is 30.5 Å². The summed E-state index contributed by atoms with van der Waals surface area (Å²) in [5.41, 5.74) is 1.29. The van der Waals surface area contributed by atoms with Crippen molar-refractivity contribution in [2.24, 2.45) is 11.8 Å². The van der Waals surface area contributed by atoms with E-state index in [9.17, 15) is 0 Å². The Morgan fingerprint density at radius 3 is 2.55 bits per heavy atom. The Bertz CT molecular complexity index is 364. The fraction of sp³-hybridized carbons (Fsp3) is 0.667. The first-order valence-electron chi connectivity index (χ1n) is 8.11.